The topological polar surface area (TPSA) is 26.0 Å². The molecule has 0 saturated carbocycles. The highest BCUT2D eigenvalue weighted by atomic mass is 19.1. The Morgan fingerprint density at radius 2 is 1.89 bits per heavy atom. The first-order valence-electron chi connectivity index (χ1n) is 6.32. The molecule has 2 aromatic carbocycles. The van der Waals surface area contributed by atoms with E-state index in [4.69, 9.17) is 5.73 Å². The van der Waals surface area contributed by atoms with Gasteiger partial charge in [-0.25, -0.2) is 4.39 Å². The van der Waals surface area contributed by atoms with E-state index >= 15 is 0 Å². The molecular formula is C16H18FN. The minimum Gasteiger partial charge on any atom is -0.326 e. The number of rotatable bonds is 4. The lowest BCUT2D eigenvalue weighted by Crippen LogP contribution is -1.97. The maximum absolute atomic E-state index is 14.0. The van der Waals surface area contributed by atoms with E-state index in [2.05, 4.69) is 19.1 Å². The Bertz CT molecular complexity index is 534. The summed E-state index contributed by atoms with van der Waals surface area (Å²) in [5.41, 5.74) is 9.15. The van der Waals surface area contributed by atoms with E-state index in [1.807, 2.05) is 24.3 Å². The lowest BCUT2D eigenvalue weighted by atomic mass is 9.99. The third kappa shape index (κ3) is 2.77. The van der Waals surface area contributed by atoms with Gasteiger partial charge < -0.3 is 5.73 Å². The maximum atomic E-state index is 14.0. The lowest BCUT2D eigenvalue weighted by Gasteiger charge is -2.07. The van der Waals surface area contributed by atoms with Crippen molar-refractivity contribution >= 4 is 0 Å². The van der Waals surface area contributed by atoms with E-state index in [1.54, 1.807) is 0 Å². The van der Waals surface area contributed by atoms with Crippen LogP contribution in [0, 0.1) is 5.82 Å². The average Bonchev–Trinajstić information content (AvgIpc) is 2.39. The molecule has 2 rings (SSSR count). The summed E-state index contributed by atoms with van der Waals surface area (Å²) in [5.74, 6) is -0.202. The van der Waals surface area contributed by atoms with Gasteiger partial charge in [-0.15, -0.1) is 0 Å². The summed E-state index contributed by atoms with van der Waals surface area (Å²) in [6.45, 7) is 2.51. The smallest absolute Gasteiger partial charge is 0.131 e. The second-order valence-corrected chi connectivity index (χ2v) is 4.47. The van der Waals surface area contributed by atoms with E-state index in [0.29, 0.717) is 12.1 Å². The molecule has 0 bridgehead atoms. The van der Waals surface area contributed by atoms with Gasteiger partial charge in [0, 0.05) is 12.1 Å². The van der Waals surface area contributed by atoms with E-state index in [1.165, 1.54) is 11.6 Å². The maximum Gasteiger partial charge on any atom is 0.131 e. The van der Waals surface area contributed by atoms with Gasteiger partial charge >= 0.3 is 0 Å². The molecule has 0 radical (unpaired) electrons. The van der Waals surface area contributed by atoms with Gasteiger partial charge in [-0.1, -0.05) is 49.7 Å². The molecule has 0 amide bonds. The molecule has 0 aromatic heterocycles. The molecule has 0 heterocycles. The number of hydrogen-bond acceptors (Lipinski definition) is 1. The Morgan fingerprint density at radius 1 is 1.06 bits per heavy atom. The van der Waals surface area contributed by atoms with Crippen molar-refractivity contribution in [3.05, 3.63) is 59.4 Å². The number of hydrogen-bond donors (Lipinski definition) is 1. The highest BCUT2D eigenvalue weighted by Gasteiger charge is 2.06. The minimum atomic E-state index is -0.202. The zero-order valence-electron chi connectivity index (χ0n) is 10.6. The average molecular weight is 243 g/mol. The lowest BCUT2D eigenvalue weighted by molar-refractivity contribution is 0.629. The van der Waals surface area contributed by atoms with Gasteiger partial charge in [0.2, 0.25) is 0 Å². The first-order valence-corrected chi connectivity index (χ1v) is 6.32. The van der Waals surface area contributed by atoms with Crippen molar-refractivity contribution in [2.24, 2.45) is 5.73 Å². The van der Waals surface area contributed by atoms with Crippen LogP contribution in [0.15, 0.2) is 42.5 Å². The van der Waals surface area contributed by atoms with E-state index in [9.17, 15) is 4.39 Å². The fraction of sp³-hybridized carbons (Fsp3) is 0.250. The van der Waals surface area contributed by atoms with Crippen LogP contribution in [-0.4, -0.2) is 0 Å². The first kappa shape index (κ1) is 12.8. The third-order valence-electron chi connectivity index (χ3n) is 3.05. The van der Waals surface area contributed by atoms with Gasteiger partial charge in [-0.05, 0) is 29.2 Å². The molecule has 0 spiro atoms. The Balaban J connectivity index is 2.38. The molecule has 0 unspecified atom stereocenters. The molecule has 0 aliphatic heterocycles. The van der Waals surface area contributed by atoms with Crippen molar-refractivity contribution in [1.29, 1.82) is 0 Å². The predicted molar refractivity (Wildman–Crippen MR) is 73.7 cm³/mol. The molecule has 0 atom stereocenters. The van der Waals surface area contributed by atoms with Crippen LogP contribution in [0.2, 0.25) is 0 Å². The van der Waals surface area contributed by atoms with Gasteiger partial charge in [0.15, 0.2) is 0 Å². The Kier molecular flexibility index (Phi) is 4.11. The van der Waals surface area contributed by atoms with Gasteiger partial charge in [0.05, 0.1) is 0 Å². The van der Waals surface area contributed by atoms with Crippen molar-refractivity contribution in [2.45, 2.75) is 26.3 Å². The number of benzene rings is 2. The van der Waals surface area contributed by atoms with Crippen LogP contribution >= 0.6 is 0 Å². The summed E-state index contributed by atoms with van der Waals surface area (Å²) >= 11 is 0. The Labute approximate surface area is 107 Å². The van der Waals surface area contributed by atoms with Crippen molar-refractivity contribution in [3.8, 4) is 11.1 Å². The largest absolute Gasteiger partial charge is 0.326 e. The number of aryl methyl sites for hydroxylation is 1. The second kappa shape index (κ2) is 5.78. The Morgan fingerprint density at radius 3 is 2.56 bits per heavy atom. The highest BCUT2D eigenvalue weighted by molar-refractivity contribution is 5.65. The number of halogens is 1. The molecule has 2 heteroatoms. The second-order valence-electron chi connectivity index (χ2n) is 4.47. The molecule has 0 saturated heterocycles. The SMILES string of the molecule is CCCc1cccc(-c2ccc(CN)cc2F)c1. The van der Waals surface area contributed by atoms with Crippen LogP contribution in [0.5, 0.6) is 0 Å². The zero-order chi connectivity index (χ0) is 13.0. The van der Waals surface area contributed by atoms with Gasteiger partial charge in [-0.3, -0.25) is 0 Å². The van der Waals surface area contributed by atoms with E-state index < -0.39 is 0 Å². The molecule has 18 heavy (non-hydrogen) atoms. The van der Waals surface area contributed by atoms with Gasteiger partial charge in [0.25, 0.3) is 0 Å². The van der Waals surface area contributed by atoms with Crippen molar-refractivity contribution in [1.82, 2.24) is 0 Å². The summed E-state index contributed by atoms with van der Waals surface area (Å²) in [6.07, 6.45) is 2.12. The molecule has 1 nitrogen and oxygen atoms in total. The van der Waals surface area contributed by atoms with E-state index in [0.717, 1.165) is 24.0 Å². The predicted octanol–water partition coefficient (Wildman–Crippen LogP) is 3.90. The molecule has 0 aliphatic carbocycles. The van der Waals surface area contributed by atoms with Crippen LogP contribution in [0.3, 0.4) is 0 Å². The quantitative estimate of drug-likeness (QED) is 0.865. The first-order chi connectivity index (χ1) is 8.74. The molecule has 0 aliphatic rings. The summed E-state index contributed by atoms with van der Waals surface area (Å²) in [4.78, 5) is 0. The third-order valence-corrected chi connectivity index (χ3v) is 3.05. The fourth-order valence-electron chi connectivity index (χ4n) is 2.10. The van der Waals surface area contributed by atoms with Crippen LogP contribution < -0.4 is 5.73 Å². The van der Waals surface area contributed by atoms with Crippen LogP contribution in [0.4, 0.5) is 4.39 Å². The molecular weight excluding hydrogens is 225 g/mol. The van der Waals surface area contributed by atoms with Gasteiger partial charge in [-0.2, -0.15) is 0 Å². The fourth-order valence-corrected chi connectivity index (χ4v) is 2.10. The van der Waals surface area contributed by atoms with Crippen molar-refractivity contribution in [3.63, 3.8) is 0 Å². The number of nitrogens with two attached hydrogens (primary N) is 1. The van der Waals surface area contributed by atoms with Crippen molar-refractivity contribution in [2.75, 3.05) is 0 Å². The summed E-state index contributed by atoms with van der Waals surface area (Å²) in [5, 5.41) is 0. The van der Waals surface area contributed by atoms with Crippen LogP contribution in [-0.2, 0) is 13.0 Å². The van der Waals surface area contributed by atoms with E-state index in [-0.39, 0.29) is 5.82 Å². The van der Waals surface area contributed by atoms with Crippen LogP contribution in [0.25, 0.3) is 11.1 Å². The monoisotopic (exact) mass is 243 g/mol. The molecule has 2 aromatic rings. The Hall–Kier alpha value is -1.67. The molecule has 0 fully saturated rings. The summed E-state index contributed by atoms with van der Waals surface area (Å²) < 4.78 is 14.0. The minimum absolute atomic E-state index is 0.202. The highest BCUT2D eigenvalue weighted by Crippen LogP contribution is 2.24. The summed E-state index contributed by atoms with van der Waals surface area (Å²) in [6, 6.07) is 13.3. The van der Waals surface area contributed by atoms with Crippen molar-refractivity contribution < 1.29 is 4.39 Å². The molecule has 2 N–H and O–H groups in total. The standard InChI is InChI=1S/C16H18FN/c1-2-4-12-5-3-6-14(9-12)15-8-7-13(11-18)10-16(15)17/h3,5-10H,2,4,11,18H2,1H3. The van der Waals surface area contributed by atoms with Gasteiger partial charge in [0.1, 0.15) is 5.82 Å². The summed E-state index contributed by atoms with van der Waals surface area (Å²) in [7, 11) is 0. The normalized spacial score (nSPS) is 10.6. The molecule has 94 valence electrons. The zero-order valence-corrected chi connectivity index (χ0v) is 10.6. The van der Waals surface area contributed by atoms with Crippen LogP contribution in [0.1, 0.15) is 24.5 Å².